The van der Waals surface area contributed by atoms with Crippen molar-refractivity contribution in [1.82, 2.24) is 30.2 Å². The average Bonchev–Trinajstić information content (AvgIpc) is 3.29. The molecule has 120 valence electrons. The van der Waals surface area contributed by atoms with Crippen molar-refractivity contribution in [3.05, 3.63) is 63.9 Å². The molecule has 4 aromatic rings. The molecule has 0 amide bonds. The number of nitrogens with one attached hydrogen (secondary N) is 2. The Labute approximate surface area is 140 Å². The highest BCUT2D eigenvalue weighted by molar-refractivity contribution is 6.33. The fourth-order valence-electron chi connectivity index (χ4n) is 2.30. The normalized spacial score (nSPS) is 11.0. The van der Waals surface area contributed by atoms with Crippen LogP contribution < -0.4 is 5.69 Å². The average molecular weight is 343 g/mol. The minimum Gasteiger partial charge on any atom is -0.454 e. The number of rotatable bonds is 4. The van der Waals surface area contributed by atoms with Crippen molar-refractivity contribution in [3.8, 4) is 22.8 Å². The van der Waals surface area contributed by atoms with Crippen LogP contribution in [-0.4, -0.2) is 30.2 Å². The maximum Gasteiger partial charge on any atom is 0.340 e. The van der Waals surface area contributed by atoms with E-state index in [4.69, 9.17) is 16.0 Å². The molecule has 0 aliphatic carbocycles. The molecule has 1 aromatic carbocycles. The van der Waals surface area contributed by atoms with E-state index in [1.165, 1.54) is 0 Å². The molecule has 0 aliphatic heterocycles. The van der Waals surface area contributed by atoms with Gasteiger partial charge >= 0.3 is 5.69 Å². The monoisotopic (exact) mass is 342 g/mol. The maximum atomic E-state index is 11.0. The second-order valence-corrected chi connectivity index (χ2v) is 5.48. The molecule has 9 heteroatoms. The molecule has 0 spiro atoms. The molecule has 3 heterocycles. The van der Waals surface area contributed by atoms with Crippen LogP contribution in [0.4, 0.5) is 0 Å². The Morgan fingerprint density at radius 3 is 2.79 bits per heavy atom. The first-order chi connectivity index (χ1) is 11.7. The summed E-state index contributed by atoms with van der Waals surface area (Å²) in [6.45, 7) is 0.295. The van der Waals surface area contributed by atoms with Gasteiger partial charge in [-0.3, -0.25) is 4.98 Å². The van der Waals surface area contributed by atoms with Crippen LogP contribution in [0.1, 0.15) is 5.82 Å². The second-order valence-electron chi connectivity index (χ2n) is 5.07. The summed E-state index contributed by atoms with van der Waals surface area (Å²) in [6, 6.07) is 11.1. The van der Waals surface area contributed by atoms with Crippen LogP contribution in [0.25, 0.3) is 22.8 Å². The summed E-state index contributed by atoms with van der Waals surface area (Å²) >= 11 is 6.18. The number of furan rings is 1. The van der Waals surface area contributed by atoms with Crippen LogP contribution in [0.15, 0.2) is 51.8 Å². The molecule has 2 N–H and O–H groups in total. The smallest absolute Gasteiger partial charge is 0.340 e. The third kappa shape index (κ3) is 2.74. The third-order valence-corrected chi connectivity index (χ3v) is 3.73. The number of aromatic nitrogens is 6. The summed E-state index contributed by atoms with van der Waals surface area (Å²) in [7, 11) is 0. The van der Waals surface area contributed by atoms with Gasteiger partial charge in [0, 0.05) is 5.56 Å². The number of H-pyrrole nitrogens is 2. The lowest BCUT2D eigenvalue weighted by atomic mass is 10.2. The topological polar surface area (TPSA) is 105 Å². The lowest BCUT2D eigenvalue weighted by Gasteiger charge is -1.99. The zero-order valence-electron chi connectivity index (χ0n) is 12.2. The van der Waals surface area contributed by atoms with E-state index >= 15 is 0 Å². The summed E-state index contributed by atoms with van der Waals surface area (Å²) in [4.78, 5) is 13.6. The zero-order valence-corrected chi connectivity index (χ0v) is 13.0. The lowest BCUT2D eigenvalue weighted by molar-refractivity contribution is 0.594. The quantitative estimate of drug-likeness (QED) is 0.592. The standard InChI is InChI=1S/C15H11ClN6O2/c16-10-4-2-1-3-9(10)12-5-6-13(24-12)11-7-22(21-18-11)8-14-17-15(23)20-19-14/h1-7H,8H2,(H2,17,19,20,23). The van der Waals surface area contributed by atoms with E-state index in [9.17, 15) is 4.79 Å². The number of nitrogens with zero attached hydrogens (tertiary/aromatic N) is 4. The van der Waals surface area contributed by atoms with Crippen molar-refractivity contribution >= 4 is 11.6 Å². The molecule has 0 saturated carbocycles. The van der Waals surface area contributed by atoms with Gasteiger partial charge in [-0.15, -0.1) is 5.10 Å². The predicted octanol–water partition coefficient (Wildman–Crippen LogP) is 2.32. The van der Waals surface area contributed by atoms with Gasteiger partial charge in [-0.1, -0.05) is 28.9 Å². The largest absolute Gasteiger partial charge is 0.454 e. The lowest BCUT2D eigenvalue weighted by Crippen LogP contribution is -2.05. The Kier molecular flexibility index (Phi) is 3.51. The first-order valence-electron chi connectivity index (χ1n) is 7.08. The number of hydrogen-bond acceptors (Lipinski definition) is 5. The van der Waals surface area contributed by atoms with Gasteiger partial charge in [-0.25, -0.2) is 14.6 Å². The van der Waals surface area contributed by atoms with Crippen molar-refractivity contribution < 1.29 is 4.42 Å². The molecule has 8 nitrogen and oxygen atoms in total. The van der Waals surface area contributed by atoms with E-state index in [0.717, 1.165) is 5.56 Å². The van der Waals surface area contributed by atoms with Crippen LogP contribution >= 0.6 is 11.6 Å². The van der Waals surface area contributed by atoms with Crippen LogP contribution in [0.5, 0.6) is 0 Å². The highest BCUT2D eigenvalue weighted by Crippen LogP contribution is 2.31. The summed E-state index contributed by atoms with van der Waals surface area (Å²) in [5.74, 6) is 1.70. The number of aromatic amines is 2. The van der Waals surface area contributed by atoms with Crippen molar-refractivity contribution in [2.45, 2.75) is 6.54 Å². The van der Waals surface area contributed by atoms with Crippen LogP contribution in [0, 0.1) is 0 Å². The summed E-state index contributed by atoms with van der Waals surface area (Å²) in [5, 5.41) is 14.8. The minimum absolute atomic E-state index is 0.295. The van der Waals surface area contributed by atoms with Crippen molar-refractivity contribution in [2.24, 2.45) is 0 Å². The molecular formula is C15H11ClN6O2. The van der Waals surface area contributed by atoms with Crippen molar-refractivity contribution in [1.29, 1.82) is 0 Å². The SMILES string of the molecule is O=c1[nH]nc(Cn2cc(-c3ccc(-c4ccccc4Cl)o3)nn2)[nH]1. The molecule has 24 heavy (non-hydrogen) atoms. The van der Waals surface area contributed by atoms with E-state index in [2.05, 4.69) is 25.5 Å². The second kappa shape index (κ2) is 5.82. The minimum atomic E-state index is -0.360. The zero-order chi connectivity index (χ0) is 16.5. The summed E-state index contributed by atoms with van der Waals surface area (Å²) in [5.41, 5.74) is 1.03. The van der Waals surface area contributed by atoms with E-state index in [-0.39, 0.29) is 5.69 Å². The van der Waals surface area contributed by atoms with Gasteiger partial charge in [0.05, 0.1) is 11.2 Å². The highest BCUT2D eigenvalue weighted by Gasteiger charge is 2.12. The van der Waals surface area contributed by atoms with Crippen LogP contribution in [-0.2, 0) is 6.54 Å². The summed E-state index contributed by atoms with van der Waals surface area (Å²) < 4.78 is 7.38. The fourth-order valence-corrected chi connectivity index (χ4v) is 2.53. The predicted molar refractivity (Wildman–Crippen MR) is 86.5 cm³/mol. The van der Waals surface area contributed by atoms with Gasteiger partial charge in [0.15, 0.2) is 11.6 Å². The molecule has 3 aromatic heterocycles. The molecule has 0 radical (unpaired) electrons. The first kappa shape index (κ1) is 14.5. The highest BCUT2D eigenvalue weighted by atomic mass is 35.5. The molecule has 0 bridgehead atoms. The van der Waals surface area contributed by atoms with Gasteiger partial charge in [0.1, 0.15) is 18.0 Å². The molecule has 0 atom stereocenters. The third-order valence-electron chi connectivity index (χ3n) is 3.40. The Balaban J connectivity index is 1.59. The maximum absolute atomic E-state index is 11.0. The number of halogens is 1. The Morgan fingerprint density at radius 2 is 2.00 bits per heavy atom. The van der Waals surface area contributed by atoms with Crippen LogP contribution in [0.3, 0.4) is 0 Å². The molecule has 0 unspecified atom stereocenters. The first-order valence-corrected chi connectivity index (χ1v) is 7.45. The van der Waals surface area contributed by atoms with Gasteiger partial charge in [-0.05, 0) is 24.3 Å². The molecular weight excluding hydrogens is 332 g/mol. The van der Waals surface area contributed by atoms with Gasteiger partial charge < -0.3 is 4.42 Å². The number of benzene rings is 1. The molecule has 0 aliphatic rings. The van der Waals surface area contributed by atoms with E-state index in [0.29, 0.717) is 34.6 Å². The summed E-state index contributed by atoms with van der Waals surface area (Å²) in [6.07, 6.45) is 1.71. The van der Waals surface area contributed by atoms with Gasteiger partial charge in [0.2, 0.25) is 0 Å². The Morgan fingerprint density at radius 1 is 1.17 bits per heavy atom. The van der Waals surface area contributed by atoms with Gasteiger partial charge in [0.25, 0.3) is 0 Å². The Hall–Kier alpha value is -3.13. The van der Waals surface area contributed by atoms with Crippen molar-refractivity contribution in [2.75, 3.05) is 0 Å². The van der Waals surface area contributed by atoms with Gasteiger partial charge in [-0.2, -0.15) is 5.10 Å². The molecule has 0 fully saturated rings. The van der Waals surface area contributed by atoms with Crippen molar-refractivity contribution in [3.63, 3.8) is 0 Å². The Bertz CT molecular complexity index is 1040. The molecule has 0 saturated heterocycles. The molecule has 4 rings (SSSR count). The van der Waals surface area contributed by atoms with E-state index < -0.39 is 0 Å². The van der Waals surface area contributed by atoms with Crippen LogP contribution in [0.2, 0.25) is 5.02 Å². The van der Waals surface area contributed by atoms with E-state index in [1.807, 2.05) is 30.3 Å². The van der Waals surface area contributed by atoms with E-state index in [1.54, 1.807) is 16.9 Å². The fraction of sp³-hybridized carbons (Fsp3) is 0.0667. The number of hydrogen-bond donors (Lipinski definition) is 2.